The summed E-state index contributed by atoms with van der Waals surface area (Å²) in [4.78, 5) is 23.4. The lowest BCUT2D eigenvalue weighted by Crippen LogP contribution is -2.43. The fourth-order valence-electron chi connectivity index (χ4n) is 2.00. The Bertz CT molecular complexity index is 698. The zero-order valence-corrected chi connectivity index (χ0v) is 18.7. The number of hydrogen-bond acceptors (Lipinski definition) is 4. The lowest BCUT2D eigenvalue weighted by atomic mass is 10.3. The smallest absolute Gasteiger partial charge is 0.241 e. The van der Waals surface area contributed by atoms with Crippen LogP contribution < -0.4 is 10.6 Å². The van der Waals surface area contributed by atoms with Gasteiger partial charge in [-0.05, 0) is 24.3 Å². The maximum atomic E-state index is 11.8. The van der Waals surface area contributed by atoms with Gasteiger partial charge in [0.1, 0.15) is 0 Å². The molecule has 0 aliphatic rings. The summed E-state index contributed by atoms with van der Waals surface area (Å²) in [6.07, 6.45) is 1.75. The van der Waals surface area contributed by atoms with E-state index in [1.807, 2.05) is 36.4 Å². The quantitative estimate of drug-likeness (QED) is 0.192. The Balaban J connectivity index is 0.00000364. The number of amides is 1. The minimum absolute atomic E-state index is 0. The van der Waals surface area contributed by atoms with E-state index >= 15 is 0 Å². The van der Waals surface area contributed by atoms with Crippen molar-refractivity contribution in [2.75, 3.05) is 32.9 Å². The summed E-state index contributed by atoms with van der Waals surface area (Å²) < 4.78 is 0. The minimum atomic E-state index is -0.00371. The Labute approximate surface area is 182 Å². The molecule has 27 heavy (non-hydrogen) atoms. The topological polar surface area (TPSA) is 69.6 Å². The van der Waals surface area contributed by atoms with Crippen LogP contribution in [0.4, 0.5) is 0 Å². The first-order chi connectivity index (χ1) is 12.6. The van der Waals surface area contributed by atoms with Crippen LogP contribution in [0.2, 0.25) is 0 Å². The fraction of sp³-hybridized carbons (Fsp3) is 0.316. The zero-order valence-electron chi connectivity index (χ0n) is 15.6. The second-order valence-corrected chi connectivity index (χ2v) is 6.88. The average Bonchev–Trinajstić information content (AvgIpc) is 2.67. The highest BCUT2D eigenvalue weighted by molar-refractivity contribution is 14.0. The highest BCUT2D eigenvalue weighted by Crippen LogP contribution is 2.15. The molecule has 2 aromatic rings. The third-order valence-corrected chi connectivity index (χ3v) is 4.45. The molecule has 0 fully saturated rings. The lowest BCUT2D eigenvalue weighted by Gasteiger charge is -2.15. The van der Waals surface area contributed by atoms with Crippen LogP contribution in [0.1, 0.15) is 5.69 Å². The van der Waals surface area contributed by atoms with Crippen molar-refractivity contribution in [2.24, 2.45) is 4.99 Å². The van der Waals surface area contributed by atoms with Crippen LogP contribution >= 0.6 is 35.7 Å². The molecule has 0 spiro atoms. The van der Waals surface area contributed by atoms with Gasteiger partial charge in [-0.15, -0.1) is 35.7 Å². The molecule has 0 bridgehead atoms. The molecule has 1 aromatic heterocycles. The van der Waals surface area contributed by atoms with Crippen LogP contribution in [-0.4, -0.2) is 54.7 Å². The van der Waals surface area contributed by atoms with Crippen LogP contribution in [-0.2, 0) is 11.3 Å². The molecule has 1 amide bonds. The number of nitrogens with one attached hydrogen (secondary N) is 2. The van der Waals surface area contributed by atoms with Crippen molar-refractivity contribution in [1.29, 1.82) is 0 Å². The molecule has 0 aliphatic carbocycles. The van der Waals surface area contributed by atoms with E-state index in [1.54, 1.807) is 37.0 Å². The lowest BCUT2D eigenvalue weighted by molar-refractivity contribution is -0.127. The van der Waals surface area contributed by atoms with E-state index in [0.29, 0.717) is 12.5 Å². The molecule has 0 radical (unpaired) electrons. The molecule has 0 unspecified atom stereocenters. The first kappa shape index (κ1) is 23.2. The summed E-state index contributed by atoms with van der Waals surface area (Å²) in [5.74, 6) is 1.51. The number of halogens is 1. The number of carbonyl (C=O) groups excluding carboxylic acids is 1. The van der Waals surface area contributed by atoms with Gasteiger partial charge in [-0.1, -0.05) is 24.3 Å². The predicted octanol–water partition coefficient (Wildman–Crippen LogP) is 2.62. The van der Waals surface area contributed by atoms with E-state index < -0.39 is 0 Å². The normalized spacial score (nSPS) is 10.7. The standard InChI is InChI=1S/C19H25N5OS.HI/c1-24(2)18(25)15-23-19(22-14-16-8-6-7-11-20-16)21-12-13-26-17-9-4-3-5-10-17;/h3-11H,12-15H2,1-2H3,(H2,21,22,23);1H. The van der Waals surface area contributed by atoms with Crippen molar-refractivity contribution in [3.63, 3.8) is 0 Å². The molecular weight excluding hydrogens is 473 g/mol. The second kappa shape index (κ2) is 13.4. The maximum Gasteiger partial charge on any atom is 0.241 e. The SMILES string of the molecule is CN(C)C(=O)CNC(=NCc1ccccn1)NCCSc1ccccc1.I. The summed E-state index contributed by atoms with van der Waals surface area (Å²) >= 11 is 1.77. The molecule has 6 nitrogen and oxygen atoms in total. The van der Waals surface area contributed by atoms with E-state index in [4.69, 9.17) is 0 Å². The van der Waals surface area contributed by atoms with Crippen LogP contribution in [0.15, 0.2) is 64.6 Å². The number of likely N-dealkylation sites (N-methyl/N-ethyl adjacent to an activating group) is 1. The number of hydrogen-bond donors (Lipinski definition) is 2. The summed E-state index contributed by atoms with van der Waals surface area (Å²) in [7, 11) is 3.47. The number of benzene rings is 1. The monoisotopic (exact) mass is 499 g/mol. The van der Waals surface area contributed by atoms with E-state index in [1.165, 1.54) is 4.90 Å². The number of rotatable bonds is 8. The van der Waals surface area contributed by atoms with Gasteiger partial charge in [0.2, 0.25) is 5.91 Å². The van der Waals surface area contributed by atoms with Crippen molar-refractivity contribution >= 4 is 47.6 Å². The molecule has 2 N–H and O–H groups in total. The van der Waals surface area contributed by atoms with Crippen molar-refractivity contribution < 1.29 is 4.79 Å². The second-order valence-electron chi connectivity index (χ2n) is 5.72. The van der Waals surface area contributed by atoms with Gasteiger partial charge >= 0.3 is 0 Å². The Morgan fingerprint density at radius 1 is 1.11 bits per heavy atom. The number of aromatic nitrogens is 1. The molecule has 0 atom stereocenters. The molecular formula is C19H26IN5OS. The molecule has 2 rings (SSSR count). The van der Waals surface area contributed by atoms with E-state index in [0.717, 1.165) is 18.0 Å². The van der Waals surface area contributed by atoms with Gasteiger partial charge < -0.3 is 15.5 Å². The largest absolute Gasteiger partial charge is 0.356 e. The number of carbonyl (C=O) groups is 1. The Morgan fingerprint density at radius 2 is 1.85 bits per heavy atom. The molecule has 8 heteroatoms. The van der Waals surface area contributed by atoms with Gasteiger partial charge in [-0.25, -0.2) is 4.99 Å². The third-order valence-electron chi connectivity index (χ3n) is 3.44. The van der Waals surface area contributed by atoms with Crippen LogP contribution in [0.5, 0.6) is 0 Å². The summed E-state index contributed by atoms with van der Waals surface area (Å²) in [6.45, 7) is 1.40. The molecule has 1 aromatic carbocycles. The highest BCUT2D eigenvalue weighted by atomic mass is 127. The number of pyridine rings is 1. The predicted molar refractivity (Wildman–Crippen MR) is 123 cm³/mol. The molecule has 0 aliphatic heterocycles. The third kappa shape index (κ3) is 9.62. The van der Waals surface area contributed by atoms with E-state index in [-0.39, 0.29) is 36.4 Å². The van der Waals surface area contributed by atoms with Gasteiger partial charge in [-0.3, -0.25) is 9.78 Å². The number of thioether (sulfide) groups is 1. The van der Waals surface area contributed by atoms with Gasteiger partial charge in [0.05, 0.1) is 18.8 Å². The van der Waals surface area contributed by atoms with Gasteiger partial charge in [0, 0.05) is 37.5 Å². The minimum Gasteiger partial charge on any atom is -0.356 e. The van der Waals surface area contributed by atoms with Gasteiger partial charge in [0.25, 0.3) is 0 Å². The van der Waals surface area contributed by atoms with Crippen LogP contribution in [0.25, 0.3) is 0 Å². The van der Waals surface area contributed by atoms with Crippen molar-refractivity contribution in [2.45, 2.75) is 11.4 Å². The fourth-order valence-corrected chi connectivity index (χ4v) is 2.79. The molecule has 0 saturated carbocycles. The molecule has 1 heterocycles. The van der Waals surface area contributed by atoms with Gasteiger partial charge in [0.15, 0.2) is 5.96 Å². The Hall–Kier alpha value is -1.81. The first-order valence-corrected chi connectivity index (χ1v) is 9.44. The van der Waals surface area contributed by atoms with Crippen molar-refractivity contribution in [3.8, 4) is 0 Å². The molecule has 0 saturated heterocycles. The number of guanidine groups is 1. The summed E-state index contributed by atoms with van der Waals surface area (Å²) in [6, 6.07) is 16.0. The zero-order chi connectivity index (χ0) is 18.6. The van der Waals surface area contributed by atoms with E-state index in [9.17, 15) is 4.79 Å². The van der Waals surface area contributed by atoms with Gasteiger partial charge in [-0.2, -0.15) is 0 Å². The van der Waals surface area contributed by atoms with Crippen LogP contribution in [0, 0.1) is 0 Å². The van der Waals surface area contributed by atoms with Crippen LogP contribution in [0.3, 0.4) is 0 Å². The number of aliphatic imine (C=N–C) groups is 1. The van der Waals surface area contributed by atoms with Crippen molar-refractivity contribution in [3.05, 3.63) is 60.4 Å². The highest BCUT2D eigenvalue weighted by Gasteiger charge is 2.06. The first-order valence-electron chi connectivity index (χ1n) is 8.45. The Kier molecular flexibility index (Phi) is 11.5. The summed E-state index contributed by atoms with van der Waals surface area (Å²) in [5, 5.41) is 6.35. The average molecular weight is 499 g/mol. The molecule has 146 valence electrons. The Morgan fingerprint density at radius 3 is 2.52 bits per heavy atom. The van der Waals surface area contributed by atoms with E-state index in [2.05, 4.69) is 32.7 Å². The summed E-state index contributed by atoms with van der Waals surface area (Å²) in [5.41, 5.74) is 0.881. The number of nitrogens with zero attached hydrogens (tertiary/aromatic N) is 3. The maximum absolute atomic E-state index is 11.8. The van der Waals surface area contributed by atoms with Crippen molar-refractivity contribution in [1.82, 2.24) is 20.5 Å².